The van der Waals surface area contributed by atoms with Gasteiger partial charge in [0.05, 0.1) is 12.8 Å². The summed E-state index contributed by atoms with van der Waals surface area (Å²) in [6.07, 6.45) is 3.97. The number of methoxy groups -OCH3 is 1. The van der Waals surface area contributed by atoms with Gasteiger partial charge in [-0.2, -0.15) is 0 Å². The molecule has 1 aliphatic rings. The summed E-state index contributed by atoms with van der Waals surface area (Å²) in [5, 5.41) is 0. The van der Waals surface area contributed by atoms with Gasteiger partial charge in [-0.1, -0.05) is 19.9 Å². The predicted octanol–water partition coefficient (Wildman–Crippen LogP) is 2.32. The van der Waals surface area contributed by atoms with E-state index in [1.165, 1.54) is 12.7 Å². The number of Topliss-reactive ketones (excluding diaryl/α,β-unsaturated/α-hetero) is 1. The number of rotatable bonds is 2. The molecule has 0 N–H and O–H groups in total. The van der Waals surface area contributed by atoms with Crippen molar-refractivity contribution in [2.45, 2.75) is 26.2 Å². The third kappa shape index (κ3) is 1.85. The van der Waals surface area contributed by atoms with Gasteiger partial charge < -0.3 is 4.74 Å². The van der Waals surface area contributed by atoms with Gasteiger partial charge in [-0.15, -0.1) is 0 Å². The molecule has 0 amide bonds. The minimum Gasteiger partial charge on any atom is -0.493 e. The van der Waals surface area contributed by atoms with Crippen molar-refractivity contribution in [2.24, 2.45) is 0 Å². The molecule has 1 aliphatic carbocycles. The molecular formula is C13H15NO2. The zero-order chi connectivity index (χ0) is 11.7. The highest BCUT2D eigenvalue weighted by Crippen LogP contribution is 2.23. The van der Waals surface area contributed by atoms with E-state index < -0.39 is 0 Å². The first-order valence-corrected chi connectivity index (χ1v) is 5.39. The second kappa shape index (κ2) is 4.08. The molecule has 1 heterocycles. The lowest BCUT2D eigenvalue weighted by Crippen LogP contribution is -2.15. The highest BCUT2D eigenvalue weighted by atomic mass is 16.5. The second-order valence-electron chi connectivity index (χ2n) is 4.28. The molecule has 0 aromatic carbocycles. The zero-order valence-corrected chi connectivity index (χ0v) is 9.78. The number of pyridine rings is 1. The van der Waals surface area contributed by atoms with E-state index in [4.69, 9.17) is 4.74 Å². The van der Waals surface area contributed by atoms with Crippen LogP contribution < -0.4 is 0 Å². The predicted molar refractivity (Wildman–Crippen MR) is 62.0 cm³/mol. The van der Waals surface area contributed by atoms with Gasteiger partial charge >= 0.3 is 0 Å². The molecule has 0 spiro atoms. The van der Waals surface area contributed by atoms with Crippen molar-refractivity contribution in [3.63, 3.8) is 0 Å². The third-order valence-corrected chi connectivity index (χ3v) is 2.80. The Morgan fingerprint density at radius 1 is 1.44 bits per heavy atom. The van der Waals surface area contributed by atoms with Crippen molar-refractivity contribution >= 4 is 11.9 Å². The summed E-state index contributed by atoms with van der Waals surface area (Å²) in [5.41, 5.74) is 3.01. The monoisotopic (exact) mass is 217 g/mol. The van der Waals surface area contributed by atoms with Crippen LogP contribution in [0.5, 0.6) is 0 Å². The molecule has 3 nitrogen and oxygen atoms in total. The van der Waals surface area contributed by atoms with Crippen molar-refractivity contribution in [1.82, 2.24) is 4.98 Å². The van der Waals surface area contributed by atoms with Crippen molar-refractivity contribution in [1.29, 1.82) is 0 Å². The summed E-state index contributed by atoms with van der Waals surface area (Å²) < 4.78 is 5.01. The van der Waals surface area contributed by atoms with Crippen LogP contribution in [0, 0.1) is 0 Å². The number of carbonyl (C=O) groups excluding carboxylic acids is 1. The third-order valence-electron chi connectivity index (χ3n) is 2.80. The first-order chi connectivity index (χ1) is 7.61. The van der Waals surface area contributed by atoms with Crippen molar-refractivity contribution in [2.75, 3.05) is 7.11 Å². The van der Waals surface area contributed by atoms with Crippen LogP contribution in [0.15, 0.2) is 18.0 Å². The molecule has 0 saturated carbocycles. The number of ketones is 1. The number of nitrogens with zero attached hydrogens (tertiary/aromatic N) is 1. The summed E-state index contributed by atoms with van der Waals surface area (Å²) in [4.78, 5) is 16.0. The quantitative estimate of drug-likeness (QED) is 0.763. The van der Waals surface area contributed by atoms with E-state index in [0.29, 0.717) is 18.1 Å². The molecule has 0 atom stereocenters. The lowest BCUT2D eigenvalue weighted by atomic mass is 9.95. The summed E-state index contributed by atoms with van der Waals surface area (Å²) in [5.74, 6) is 0.857. The maximum atomic E-state index is 11.6. The number of allylic oxidation sites excluding steroid dienone is 1. The van der Waals surface area contributed by atoms with Crippen molar-refractivity contribution in [3.05, 3.63) is 34.8 Å². The van der Waals surface area contributed by atoms with Crippen LogP contribution in [-0.4, -0.2) is 17.9 Å². The Bertz CT molecular complexity index is 461. The van der Waals surface area contributed by atoms with E-state index in [-0.39, 0.29) is 5.78 Å². The molecule has 2 rings (SSSR count). The molecule has 1 aromatic rings. The van der Waals surface area contributed by atoms with E-state index in [1.807, 2.05) is 6.20 Å². The standard InChI is InChI=1S/C13H15NO2/c1-8(2)10-4-9-5-12(15)13(16-3)6-11(9)14-7-10/h4,6-8H,5H2,1-3H3. The van der Waals surface area contributed by atoms with Gasteiger partial charge in [0.1, 0.15) is 0 Å². The molecule has 0 radical (unpaired) electrons. The number of fused-ring (bicyclic) bond motifs is 1. The minimum absolute atomic E-state index is 0.0257. The van der Waals surface area contributed by atoms with Crippen LogP contribution >= 0.6 is 0 Å². The summed E-state index contributed by atoms with van der Waals surface area (Å²) in [6.45, 7) is 4.23. The van der Waals surface area contributed by atoms with E-state index in [2.05, 4.69) is 24.9 Å². The van der Waals surface area contributed by atoms with Crippen LogP contribution in [0.3, 0.4) is 0 Å². The normalized spacial score (nSPS) is 14.8. The Morgan fingerprint density at radius 3 is 2.81 bits per heavy atom. The summed E-state index contributed by atoms with van der Waals surface area (Å²) >= 11 is 0. The van der Waals surface area contributed by atoms with Gasteiger partial charge in [0.15, 0.2) is 5.76 Å². The number of hydrogen-bond acceptors (Lipinski definition) is 3. The Balaban J connectivity index is 2.44. The van der Waals surface area contributed by atoms with E-state index in [9.17, 15) is 4.79 Å². The van der Waals surface area contributed by atoms with E-state index in [1.54, 1.807) is 6.08 Å². The molecule has 1 aromatic heterocycles. The zero-order valence-electron chi connectivity index (χ0n) is 9.78. The molecule has 0 bridgehead atoms. The lowest BCUT2D eigenvalue weighted by molar-refractivity contribution is -0.117. The topological polar surface area (TPSA) is 39.2 Å². The van der Waals surface area contributed by atoms with Crippen LogP contribution in [0.1, 0.15) is 36.6 Å². The number of carbonyl (C=O) groups is 1. The SMILES string of the molecule is COC1=Cc2ncc(C(C)C)cc2CC1=O. The fraction of sp³-hybridized carbons (Fsp3) is 0.385. The minimum atomic E-state index is 0.0257. The Kier molecular flexibility index (Phi) is 2.77. The first kappa shape index (κ1) is 10.9. The smallest absolute Gasteiger partial charge is 0.201 e. The van der Waals surface area contributed by atoms with Gasteiger partial charge in [-0.05, 0) is 17.0 Å². The van der Waals surface area contributed by atoms with E-state index >= 15 is 0 Å². The van der Waals surface area contributed by atoms with Gasteiger partial charge in [-0.3, -0.25) is 9.78 Å². The largest absolute Gasteiger partial charge is 0.493 e. The average Bonchev–Trinajstić information content (AvgIpc) is 2.27. The van der Waals surface area contributed by atoms with E-state index in [0.717, 1.165) is 11.3 Å². The highest BCUT2D eigenvalue weighted by molar-refractivity contribution is 6.01. The number of hydrogen-bond donors (Lipinski definition) is 0. The molecule has 0 aliphatic heterocycles. The van der Waals surface area contributed by atoms with Crippen LogP contribution in [-0.2, 0) is 16.0 Å². The Labute approximate surface area is 95.2 Å². The van der Waals surface area contributed by atoms with Crippen LogP contribution in [0.4, 0.5) is 0 Å². The number of aromatic nitrogens is 1. The molecule has 0 saturated heterocycles. The maximum Gasteiger partial charge on any atom is 0.201 e. The molecule has 3 heteroatoms. The van der Waals surface area contributed by atoms with Crippen LogP contribution in [0.25, 0.3) is 6.08 Å². The summed E-state index contributed by atoms with van der Waals surface area (Å²) in [7, 11) is 1.51. The lowest BCUT2D eigenvalue weighted by Gasteiger charge is -2.15. The second-order valence-corrected chi connectivity index (χ2v) is 4.28. The Hall–Kier alpha value is -1.64. The van der Waals surface area contributed by atoms with Crippen molar-refractivity contribution in [3.8, 4) is 0 Å². The van der Waals surface area contributed by atoms with Gasteiger partial charge in [-0.25, -0.2) is 0 Å². The summed E-state index contributed by atoms with van der Waals surface area (Å²) in [6, 6.07) is 2.06. The fourth-order valence-electron chi connectivity index (χ4n) is 1.76. The van der Waals surface area contributed by atoms with Crippen molar-refractivity contribution < 1.29 is 9.53 Å². The number of ether oxygens (including phenoxy) is 1. The van der Waals surface area contributed by atoms with Gasteiger partial charge in [0.25, 0.3) is 0 Å². The molecular weight excluding hydrogens is 202 g/mol. The molecule has 0 fully saturated rings. The van der Waals surface area contributed by atoms with Crippen LogP contribution in [0.2, 0.25) is 0 Å². The van der Waals surface area contributed by atoms with Gasteiger partial charge in [0.2, 0.25) is 5.78 Å². The molecule has 0 unspecified atom stereocenters. The molecule has 16 heavy (non-hydrogen) atoms. The average molecular weight is 217 g/mol. The fourth-order valence-corrected chi connectivity index (χ4v) is 1.76. The first-order valence-electron chi connectivity index (χ1n) is 5.39. The van der Waals surface area contributed by atoms with Gasteiger partial charge in [0, 0.05) is 18.7 Å². The molecule has 84 valence electrons. The maximum absolute atomic E-state index is 11.6. The highest BCUT2D eigenvalue weighted by Gasteiger charge is 2.20. The Morgan fingerprint density at radius 2 is 2.19 bits per heavy atom.